The number of anilines is 2. The fraction of sp³-hybridized carbons (Fsp3) is 0.333. The molecule has 4 N–H and O–H groups in total. The summed E-state index contributed by atoms with van der Waals surface area (Å²) in [4.78, 5) is 0. The standard InChI is InChI=1S/C18H24N2/c1-11(2)13-7-5-8-14(17(13)12(3)4)15-9-6-10-16(19)18(15)20/h5-12H,19-20H2,1-4H3. The normalized spacial score (nSPS) is 11.3. The van der Waals surface area contributed by atoms with Crippen LogP contribution in [0.15, 0.2) is 36.4 Å². The van der Waals surface area contributed by atoms with Crippen LogP contribution in [0.25, 0.3) is 11.1 Å². The largest absolute Gasteiger partial charge is 0.397 e. The van der Waals surface area contributed by atoms with Gasteiger partial charge in [0.15, 0.2) is 0 Å². The van der Waals surface area contributed by atoms with Crippen LogP contribution in [0.3, 0.4) is 0 Å². The predicted octanol–water partition coefficient (Wildman–Crippen LogP) is 4.76. The van der Waals surface area contributed by atoms with Crippen molar-refractivity contribution in [1.29, 1.82) is 0 Å². The summed E-state index contributed by atoms with van der Waals surface area (Å²) >= 11 is 0. The molecule has 0 saturated heterocycles. The fourth-order valence-electron chi connectivity index (χ4n) is 2.78. The molecule has 0 unspecified atom stereocenters. The Morgan fingerprint density at radius 1 is 0.750 bits per heavy atom. The van der Waals surface area contributed by atoms with E-state index in [2.05, 4.69) is 52.0 Å². The minimum Gasteiger partial charge on any atom is -0.397 e. The van der Waals surface area contributed by atoms with Crippen LogP contribution in [0.2, 0.25) is 0 Å². The van der Waals surface area contributed by atoms with E-state index < -0.39 is 0 Å². The fourth-order valence-corrected chi connectivity index (χ4v) is 2.78. The maximum Gasteiger partial charge on any atom is 0.0627 e. The highest BCUT2D eigenvalue weighted by atomic mass is 14.7. The molecule has 106 valence electrons. The van der Waals surface area contributed by atoms with Gasteiger partial charge in [0.25, 0.3) is 0 Å². The number of para-hydroxylation sites is 1. The average molecular weight is 268 g/mol. The topological polar surface area (TPSA) is 52.0 Å². The van der Waals surface area contributed by atoms with Gasteiger partial charge in [0.2, 0.25) is 0 Å². The van der Waals surface area contributed by atoms with Crippen molar-refractivity contribution in [3.8, 4) is 11.1 Å². The van der Waals surface area contributed by atoms with Crippen LogP contribution >= 0.6 is 0 Å². The Hall–Kier alpha value is -1.96. The van der Waals surface area contributed by atoms with Gasteiger partial charge in [-0.15, -0.1) is 0 Å². The molecular formula is C18H24N2. The van der Waals surface area contributed by atoms with Crippen molar-refractivity contribution in [1.82, 2.24) is 0 Å². The molecule has 2 nitrogen and oxygen atoms in total. The minimum absolute atomic E-state index is 0.449. The van der Waals surface area contributed by atoms with Gasteiger partial charge >= 0.3 is 0 Å². The van der Waals surface area contributed by atoms with Gasteiger partial charge in [-0.25, -0.2) is 0 Å². The van der Waals surface area contributed by atoms with Gasteiger partial charge in [-0.3, -0.25) is 0 Å². The Kier molecular flexibility index (Phi) is 4.03. The maximum atomic E-state index is 6.18. The summed E-state index contributed by atoms with van der Waals surface area (Å²) in [5.41, 5.74) is 18.5. The van der Waals surface area contributed by atoms with Crippen molar-refractivity contribution in [2.45, 2.75) is 39.5 Å². The number of benzene rings is 2. The van der Waals surface area contributed by atoms with E-state index in [9.17, 15) is 0 Å². The molecule has 2 heteroatoms. The van der Waals surface area contributed by atoms with Crippen LogP contribution < -0.4 is 11.5 Å². The first-order valence-electron chi connectivity index (χ1n) is 7.20. The smallest absolute Gasteiger partial charge is 0.0627 e. The third kappa shape index (κ3) is 2.51. The number of hydrogen-bond donors (Lipinski definition) is 2. The molecule has 2 aromatic carbocycles. The summed E-state index contributed by atoms with van der Waals surface area (Å²) in [6.07, 6.45) is 0. The average Bonchev–Trinajstić information content (AvgIpc) is 2.40. The summed E-state index contributed by atoms with van der Waals surface area (Å²) in [5.74, 6) is 0.944. The Labute approximate surface area is 121 Å². The van der Waals surface area contributed by atoms with Crippen LogP contribution in [0.1, 0.15) is 50.7 Å². The van der Waals surface area contributed by atoms with Crippen LogP contribution in [-0.2, 0) is 0 Å². The Morgan fingerprint density at radius 3 is 1.95 bits per heavy atom. The maximum absolute atomic E-state index is 6.18. The number of rotatable bonds is 3. The van der Waals surface area contributed by atoms with Crippen LogP contribution in [0.4, 0.5) is 11.4 Å². The van der Waals surface area contributed by atoms with Crippen molar-refractivity contribution in [3.63, 3.8) is 0 Å². The lowest BCUT2D eigenvalue weighted by Crippen LogP contribution is -2.03. The van der Waals surface area contributed by atoms with Gasteiger partial charge in [-0.1, -0.05) is 58.0 Å². The molecule has 0 atom stereocenters. The first-order valence-corrected chi connectivity index (χ1v) is 7.20. The van der Waals surface area contributed by atoms with Gasteiger partial charge in [0.1, 0.15) is 0 Å². The zero-order valence-corrected chi connectivity index (χ0v) is 12.8. The SMILES string of the molecule is CC(C)c1cccc(-c2cccc(N)c2N)c1C(C)C. The molecule has 0 aromatic heterocycles. The van der Waals surface area contributed by atoms with E-state index >= 15 is 0 Å². The summed E-state index contributed by atoms with van der Waals surface area (Å²) in [6, 6.07) is 12.3. The highest BCUT2D eigenvalue weighted by Gasteiger charge is 2.17. The zero-order chi connectivity index (χ0) is 14.9. The highest BCUT2D eigenvalue weighted by molar-refractivity contribution is 5.86. The van der Waals surface area contributed by atoms with Crippen molar-refractivity contribution < 1.29 is 0 Å². The molecule has 0 aliphatic carbocycles. The molecule has 0 amide bonds. The molecule has 0 spiro atoms. The second-order valence-electron chi connectivity index (χ2n) is 5.93. The quantitative estimate of drug-likeness (QED) is 0.788. The van der Waals surface area contributed by atoms with E-state index in [1.165, 1.54) is 16.7 Å². The predicted molar refractivity (Wildman–Crippen MR) is 88.9 cm³/mol. The number of nitrogens with two attached hydrogens (primary N) is 2. The Bertz CT molecular complexity index is 613. The molecule has 20 heavy (non-hydrogen) atoms. The summed E-state index contributed by atoms with van der Waals surface area (Å²) in [5, 5.41) is 0. The molecule has 0 aliphatic heterocycles. The lowest BCUT2D eigenvalue weighted by Gasteiger charge is -2.21. The summed E-state index contributed by atoms with van der Waals surface area (Å²) in [6.45, 7) is 8.92. The molecule has 0 radical (unpaired) electrons. The lowest BCUT2D eigenvalue weighted by molar-refractivity contribution is 0.792. The molecule has 2 rings (SSSR count). The van der Waals surface area contributed by atoms with Crippen LogP contribution in [-0.4, -0.2) is 0 Å². The van der Waals surface area contributed by atoms with Gasteiger partial charge in [-0.05, 0) is 34.6 Å². The van der Waals surface area contributed by atoms with Crippen molar-refractivity contribution in [2.24, 2.45) is 0 Å². The molecular weight excluding hydrogens is 244 g/mol. The van der Waals surface area contributed by atoms with Crippen molar-refractivity contribution in [2.75, 3.05) is 11.5 Å². The van der Waals surface area contributed by atoms with E-state index in [1.54, 1.807) is 0 Å². The summed E-state index contributed by atoms with van der Waals surface area (Å²) < 4.78 is 0. The monoisotopic (exact) mass is 268 g/mol. The van der Waals surface area contributed by atoms with Gasteiger partial charge in [0.05, 0.1) is 11.4 Å². The van der Waals surface area contributed by atoms with Crippen LogP contribution in [0.5, 0.6) is 0 Å². The van der Waals surface area contributed by atoms with E-state index in [0.29, 0.717) is 23.2 Å². The molecule has 0 saturated carbocycles. The van der Waals surface area contributed by atoms with Crippen molar-refractivity contribution >= 4 is 11.4 Å². The van der Waals surface area contributed by atoms with Crippen molar-refractivity contribution in [3.05, 3.63) is 47.5 Å². The second kappa shape index (κ2) is 5.58. The summed E-state index contributed by atoms with van der Waals surface area (Å²) in [7, 11) is 0. The molecule has 0 bridgehead atoms. The number of nitrogen functional groups attached to an aromatic ring is 2. The lowest BCUT2D eigenvalue weighted by atomic mass is 9.84. The molecule has 0 fully saturated rings. The van der Waals surface area contributed by atoms with E-state index in [4.69, 9.17) is 11.5 Å². The van der Waals surface area contributed by atoms with E-state index in [0.717, 1.165) is 5.56 Å². The molecule has 0 heterocycles. The zero-order valence-electron chi connectivity index (χ0n) is 12.8. The highest BCUT2D eigenvalue weighted by Crippen LogP contribution is 2.38. The molecule has 2 aromatic rings. The Morgan fingerprint density at radius 2 is 1.35 bits per heavy atom. The third-order valence-corrected chi connectivity index (χ3v) is 3.77. The van der Waals surface area contributed by atoms with E-state index in [-0.39, 0.29) is 0 Å². The number of hydrogen-bond acceptors (Lipinski definition) is 2. The van der Waals surface area contributed by atoms with Gasteiger partial charge < -0.3 is 11.5 Å². The second-order valence-corrected chi connectivity index (χ2v) is 5.93. The van der Waals surface area contributed by atoms with E-state index in [1.807, 2.05) is 12.1 Å². The Balaban J connectivity index is 2.74. The van der Waals surface area contributed by atoms with Crippen LogP contribution in [0, 0.1) is 0 Å². The third-order valence-electron chi connectivity index (χ3n) is 3.77. The minimum atomic E-state index is 0.449. The first-order chi connectivity index (χ1) is 9.43. The molecule has 0 aliphatic rings. The first kappa shape index (κ1) is 14.4. The van der Waals surface area contributed by atoms with Gasteiger partial charge in [0, 0.05) is 5.56 Å². The van der Waals surface area contributed by atoms with Gasteiger partial charge in [-0.2, -0.15) is 0 Å².